The minimum atomic E-state index is 1.38. The summed E-state index contributed by atoms with van der Waals surface area (Å²) < 4.78 is 0. The van der Waals surface area contributed by atoms with Crippen molar-refractivity contribution in [2.75, 3.05) is 0 Å². The van der Waals surface area contributed by atoms with E-state index in [2.05, 4.69) is 51.1 Å². The predicted octanol–water partition coefficient (Wildman–Crippen LogP) is 6.13. The third kappa shape index (κ3) is 2.18. The van der Waals surface area contributed by atoms with Gasteiger partial charge < -0.3 is 0 Å². The van der Waals surface area contributed by atoms with Gasteiger partial charge in [-0.25, -0.2) is 0 Å². The van der Waals surface area contributed by atoms with Crippen molar-refractivity contribution in [3.05, 3.63) is 45.6 Å². The highest BCUT2D eigenvalue weighted by Crippen LogP contribution is 2.42. The van der Waals surface area contributed by atoms with E-state index in [0.717, 1.165) is 0 Å². The van der Waals surface area contributed by atoms with Gasteiger partial charge in [-0.2, -0.15) is 0 Å². The van der Waals surface area contributed by atoms with Gasteiger partial charge >= 0.3 is 0 Å². The molecule has 0 amide bonds. The monoisotopic (exact) mass is 290 g/mol. The number of aryl methyl sites for hydroxylation is 3. The Labute approximate surface area is 120 Å². The summed E-state index contributed by atoms with van der Waals surface area (Å²) in [5.74, 6) is 0. The molecule has 92 valence electrons. The molecule has 0 radical (unpaired) electrons. The maximum absolute atomic E-state index is 2.32. The highest BCUT2D eigenvalue weighted by atomic mass is 32.1. The van der Waals surface area contributed by atoms with Crippen LogP contribution in [-0.2, 0) is 0 Å². The van der Waals surface area contributed by atoms with Gasteiger partial charge in [0, 0.05) is 29.3 Å². The van der Waals surface area contributed by atoms with Gasteiger partial charge in [-0.3, -0.25) is 0 Å². The van der Waals surface area contributed by atoms with Crippen LogP contribution in [0.15, 0.2) is 30.3 Å². The highest BCUT2D eigenvalue weighted by molar-refractivity contribution is 7.26. The molecule has 0 N–H and O–H groups in total. The average molecular weight is 290 g/mol. The molecule has 18 heavy (non-hydrogen) atoms. The maximum Gasteiger partial charge on any atom is 0.0478 e. The van der Waals surface area contributed by atoms with E-state index in [9.17, 15) is 0 Å². The van der Waals surface area contributed by atoms with Crippen molar-refractivity contribution in [2.24, 2.45) is 0 Å². The summed E-state index contributed by atoms with van der Waals surface area (Å²) in [5, 5.41) is 0. The molecule has 0 aliphatic carbocycles. The molecule has 0 fully saturated rings. The first-order chi connectivity index (χ1) is 8.63. The molecule has 0 nitrogen and oxygen atoms in total. The quantitative estimate of drug-likeness (QED) is 0.532. The Bertz CT molecular complexity index is 682. The van der Waals surface area contributed by atoms with Gasteiger partial charge in [-0.15, -0.1) is 34.0 Å². The summed E-state index contributed by atoms with van der Waals surface area (Å²) in [7, 11) is 0. The molecule has 3 aromatic rings. The first-order valence-electron chi connectivity index (χ1n) is 5.87. The Morgan fingerprint density at radius 3 is 1.83 bits per heavy atom. The zero-order chi connectivity index (χ0) is 12.7. The Hall–Kier alpha value is -0.900. The van der Waals surface area contributed by atoms with Crippen LogP contribution in [0.3, 0.4) is 0 Å². The van der Waals surface area contributed by atoms with Crippen LogP contribution in [0.4, 0.5) is 0 Å². The van der Waals surface area contributed by atoms with Gasteiger partial charge in [0.15, 0.2) is 0 Å². The Morgan fingerprint density at radius 1 is 0.667 bits per heavy atom. The second kappa shape index (κ2) is 4.65. The van der Waals surface area contributed by atoms with Crippen LogP contribution in [0.25, 0.3) is 19.5 Å². The largest absolute Gasteiger partial charge is 0.140 e. The van der Waals surface area contributed by atoms with Crippen molar-refractivity contribution in [3.63, 3.8) is 0 Å². The molecule has 3 heteroatoms. The Balaban J connectivity index is 2.06. The van der Waals surface area contributed by atoms with Crippen molar-refractivity contribution in [1.29, 1.82) is 0 Å². The van der Waals surface area contributed by atoms with E-state index in [1.807, 2.05) is 34.0 Å². The van der Waals surface area contributed by atoms with Crippen LogP contribution in [0.5, 0.6) is 0 Å². The fourth-order valence-corrected chi connectivity index (χ4v) is 5.14. The molecule has 0 bridgehead atoms. The van der Waals surface area contributed by atoms with E-state index in [1.54, 1.807) is 0 Å². The smallest absolute Gasteiger partial charge is 0.0478 e. The fraction of sp³-hybridized carbons (Fsp3) is 0.200. The first kappa shape index (κ1) is 12.2. The van der Waals surface area contributed by atoms with Gasteiger partial charge in [0.05, 0.1) is 0 Å². The van der Waals surface area contributed by atoms with Crippen LogP contribution in [-0.4, -0.2) is 0 Å². The molecular formula is C15H14S3. The highest BCUT2D eigenvalue weighted by Gasteiger charge is 2.11. The third-order valence-corrected chi connectivity index (χ3v) is 6.48. The van der Waals surface area contributed by atoms with E-state index in [0.29, 0.717) is 0 Å². The third-order valence-electron chi connectivity index (χ3n) is 2.87. The summed E-state index contributed by atoms with van der Waals surface area (Å²) in [6.45, 7) is 6.55. The SMILES string of the molecule is Cc1ccc(-c2cc(C)c(-c3ccc(C)s3)s2)s1. The number of rotatable bonds is 2. The molecule has 3 rings (SSSR count). The van der Waals surface area contributed by atoms with E-state index in [4.69, 9.17) is 0 Å². The lowest BCUT2D eigenvalue weighted by Crippen LogP contribution is -1.66. The lowest BCUT2D eigenvalue weighted by Gasteiger charge is -1.92. The van der Waals surface area contributed by atoms with Gasteiger partial charge in [0.2, 0.25) is 0 Å². The molecular weight excluding hydrogens is 276 g/mol. The van der Waals surface area contributed by atoms with Crippen molar-refractivity contribution < 1.29 is 0 Å². The number of hydrogen-bond donors (Lipinski definition) is 0. The van der Waals surface area contributed by atoms with Gasteiger partial charge in [-0.05, 0) is 56.7 Å². The molecule has 0 aliphatic heterocycles. The van der Waals surface area contributed by atoms with Crippen LogP contribution < -0.4 is 0 Å². The first-order valence-corrected chi connectivity index (χ1v) is 8.32. The summed E-state index contributed by atoms with van der Waals surface area (Å²) in [6, 6.07) is 11.2. The molecule has 0 aliphatic rings. The lowest BCUT2D eigenvalue weighted by atomic mass is 10.2. The molecule has 0 saturated heterocycles. The summed E-state index contributed by atoms with van der Waals surface area (Å²) in [5.41, 5.74) is 1.39. The van der Waals surface area contributed by atoms with Gasteiger partial charge in [-0.1, -0.05) is 0 Å². The standard InChI is InChI=1S/C15H14S3/c1-9-8-14(12-6-4-10(2)16-12)18-15(9)13-7-5-11(3)17-13/h4-8H,1-3H3. The van der Waals surface area contributed by atoms with Crippen molar-refractivity contribution in [2.45, 2.75) is 20.8 Å². The summed E-state index contributed by atoms with van der Waals surface area (Å²) in [6.07, 6.45) is 0. The van der Waals surface area contributed by atoms with Crippen molar-refractivity contribution in [3.8, 4) is 19.5 Å². The number of hydrogen-bond acceptors (Lipinski definition) is 3. The van der Waals surface area contributed by atoms with E-state index in [1.165, 1.54) is 34.8 Å². The van der Waals surface area contributed by atoms with Crippen LogP contribution in [0.1, 0.15) is 15.3 Å². The predicted molar refractivity (Wildman–Crippen MR) is 85.2 cm³/mol. The van der Waals surface area contributed by atoms with Crippen molar-refractivity contribution in [1.82, 2.24) is 0 Å². The molecule has 0 spiro atoms. The topological polar surface area (TPSA) is 0 Å². The number of thiophene rings is 3. The van der Waals surface area contributed by atoms with Crippen LogP contribution in [0, 0.1) is 20.8 Å². The maximum atomic E-state index is 2.32. The molecule has 3 heterocycles. The zero-order valence-corrected chi connectivity index (χ0v) is 13.1. The van der Waals surface area contributed by atoms with E-state index in [-0.39, 0.29) is 0 Å². The van der Waals surface area contributed by atoms with E-state index < -0.39 is 0 Å². The normalized spacial score (nSPS) is 11.1. The molecule has 0 saturated carbocycles. The van der Waals surface area contributed by atoms with Gasteiger partial charge in [0.1, 0.15) is 0 Å². The minimum Gasteiger partial charge on any atom is -0.140 e. The van der Waals surface area contributed by atoms with E-state index >= 15 is 0 Å². The summed E-state index contributed by atoms with van der Waals surface area (Å²) >= 11 is 5.67. The van der Waals surface area contributed by atoms with Crippen molar-refractivity contribution >= 4 is 34.0 Å². The lowest BCUT2D eigenvalue weighted by molar-refractivity contribution is 1.56. The van der Waals surface area contributed by atoms with Gasteiger partial charge in [0.25, 0.3) is 0 Å². The molecule has 0 atom stereocenters. The second-order valence-corrected chi connectivity index (χ2v) is 8.07. The fourth-order valence-electron chi connectivity index (χ4n) is 1.97. The molecule has 3 aromatic heterocycles. The minimum absolute atomic E-state index is 1.38. The summed E-state index contributed by atoms with van der Waals surface area (Å²) in [4.78, 5) is 8.37. The van der Waals surface area contributed by atoms with Crippen LogP contribution >= 0.6 is 34.0 Å². The second-order valence-electron chi connectivity index (χ2n) is 4.44. The van der Waals surface area contributed by atoms with Crippen LogP contribution in [0.2, 0.25) is 0 Å². The average Bonchev–Trinajstić information content (AvgIpc) is 2.99. The Morgan fingerprint density at radius 2 is 1.28 bits per heavy atom. The Kier molecular flexibility index (Phi) is 3.14. The molecule has 0 aromatic carbocycles. The molecule has 0 unspecified atom stereocenters. The zero-order valence-electron chi connectivity index (χ0n) is 10.6.